The van der Waals surface area contributed by atoms with Crippen molar-refractivity contribution in [1.82, 2.24) is 24.4 Å². The van der Waals surface area contributed by atoms with Gasteiger partial charge in [-0.2, -0.15) is 14.4 Å². The number of imidazole rings is 1. The molecule has 2 aromatic heterocycles. The number of carbonyl (C=O) groups is 2. The van der Waals surface area contributed by atoms with E-state index in [4.69, 9.17) is 26.7 Å². The highest BCUT2D eigenvalue weighted by Gasteiger charge is 2.52. The first-order valence-electron chi connectivity index (χ1n) is 9.54. The number of aromatic nitrogens is 4. The van der Waals surface area contributed by atoms with E-state index >= 15 is 0 Å². The monoisotopic (exact) mass is 450 g/mol. The predicted molar refractivity (Wildman–Crippen MR) is 107 cm³/mol. The summed E-state index contributed by atoms with van der Waals surface area (Å²) in [5.41, 5.74) is 3.22. The third-order valence-electron chi connectivity index (χ3n) is 5.06. The summed E-state index contributed by atoms with van der Waals surface area (Å²) < 4.78 is 26.4. The molecule has 13 heteroatoms. The van der Waals surface area contributed by atoms with E-state index in [1.165, 1.54) is 10.9 Å². The number of aliphatic hydroxyl groups is 1. The summed E-state index contributed by atoms with van der Waals surface area (Å²) >= 11 is 0. The number of nitrogens with zero attached hydrogens (tertiary/aromatic N) is 5. The quantitative estimate of drug-likeness (QED) is 0.432. The van der Waals surface area contributed by atoms with Gasteiger partial charge in [0, 0.05) is 12.0 Å². The molecule has 1 fully saturated rings. The van der Waals surface area contributed by atoms with Gasteiger partial charge < -0.3 is 25.4 Å². The lowest BCUT2D eigenvalue weighted by Gasteiger charge is -2.35. The first-order valence-corrected chi connectivity index (χ1v) is 9.54. The van der Waals surface area contributed by atoms with Crippen LogP contribution in [-0.2, 0) is 14.3 Å². The van der Waals surface area contributed by atoms with E-state index in [1.807, 2.05) is 0 Å². The van der Waals surface area contributed by atoms with Crippen LogP contribution < -0.4 is 5.73 Å². The molecule has 0 unspecified atom stereocenters. The molecule has 4 N–H and O–H groups in total. The second-order valence-electron chi connectivity index (χ2n) is 8.23. The van der Waals surface area contributed by atoms with Crippen LogP contribution in [0.1, 0.15) is 33.4 Å². The summed E-state index contributed by atoms with van der Waals surface area (Å²) in [6.45, 7) is 3.61. The number of carboxylic acids is 1. The standard InChI is InChI=1S/C19H23FN6O6/c1-5-19(8-27)10(31-17(30)26(7-12(28)29)18(2,3)4)6-11(32-19)25-9-22-13-14(21)23-16(20)24-15(13)25/h1,9-11,27H,6-8H2,2-4H3,(H,28,29)(H2,21,23,24)/t10-,11+,19+/m0/s1. The first kappa shape index (κ1) is 23.2. The van der Waals surface area contributed by atoms with E-state index < -0.39 is 54.8 Å². The molecule has 32 heavy (non-hydrogen) atoms. The van der Waals surface area contributed by atoms with Crippen molar-refractivity contribution in [2.75, 3.05) is 18.9 Å². The number of nitrogen functional groups attached to an aromatic ring is 1. The molecular weight excluding hydrogens is 427 g/mol. The van der Waals surface area contributed by atoms with Gasteiger partial charge >= 0.3 is 18.1 Å². The van der Waals surface area contributed by atoms with Gasteiger partial charge in [0.25, 0.3) is 0 Å². The maximum absolute atomic E-state index is 13.7. The molecule has 2 aromatic rings. The van der Waals surface area contributed by atoms with Gasteiger partial charge in [0.05, 0.1) is 12.9 Å². The number of hydrogen-bond acceptors (Lipinski definition) is 9. The Bertz CT molecular complexity index is 1090. The average Bonchev–Trinajstić information content (AvgIpc) is 3.27. The molecule has 0 saturated carbocycles. The molecule has 3 heterocycles. The molecule has 0 spiro atoms. The molecule has 3 rings (SSSR count). The molecule has 0 aromatic carbocycles. The number of fused-ring (bicyclic) bond motifs is 1. The van der Waals surface area contributed by atoms with E-state index in [0.717, 1.165) is 4.90 Å². The third-order valence-corrected chi connectivity index (χ3v) is 5.06. The van der Waals surface area contributed by atoms with Crippen molar-refractivity contribution >= 4 is 29.0 Å². The summed E-state index contributed by atoms with van der Waals surface area (Å²) in [6, 6.07) is 0. The molecule has 0 bridgehead atoms. The minimum absolute atomic E-state index is 0.0260. The van der Waals surface area contributed by atoms with Gasteiger partial charge in [-0.15, -0.1) is 6.42 Å². The highest BCUT2D eigenvalue weighted by molar-refractivity contribution is 5.81. The molecule has 0 radical (unpaired) electrons. The number of halogens is 1. The lowest BCUT2D eigenvalue weighted by Crippen LogP contribution is -2.52. The van der Waals surface area contributed by atoms with Gasteiger partial charge in [-0.05, 0) is 20.8 Å². The Labute approximate surface area is 182 Å². The highest BCUT2D eigenvalue weighted by Crippen LogP contribution is 2.40. The number of hydrogen-bond donors (Lipinski definition) is 3. The van der Waals surface area contributed by atoms with Crippen molar-refractivity contribution in [3.63, 3.8) is 0 Å². The fraction of sp³-hybridized carbons (Fsp3) is 0.526. The van der Waals surface area contributed by atoms with Crippen LogP contribution in [0.5, 0.6) is 0 Å². The van der Waals surface area contributed by atoms with Crippen LogP contribution in [0, 0.1) is 18.4 Å². The van der Waals surface area contributed by atoms with E-state index in [2.05, 4.69) is 20.9 Å². The van der Waals surface area contributed by atoms with Crippen LogP contribution in [0.25, 0.3) is 11.2 Å². The van der Waals surface area contributed by atoms with Crippen molar-refractivity contribution in [1.29, 1.82) is 0 Å². The van der Waals surface area contributed by atoms with Gasteiger partial charge in [-0.25, -0.2) is 9.78 Å². The van der Waals surface area contributed by atoms with E-state index in [0.29, 0.717) is 0 Å². The molecule has 1 amide bonds. The summed E-state index contributed by atoms with van der Waals surface area (Å²) in [7, 11) is 0. The normalized spacial score (nSPS) is 23.1. The fourth-order valence-corrected chi connectivity index (χ4v) is 3.38. The fourth-order valence-electron chi connectivity index (χ4n) is 3.38. The van der Waals surface area contributed by atoms with E-state index in [-0.39, 0.29) is 23.4 Å². The largest absolute Gasteiger partial charge is 0.480 e. The van der Waals surface area contributed by atoms with Crippen LogP contribution in [-0.4, -0.2) is 77.1 Å². The zero-order valence-electron chi connectivity index (χ0n) is 17.6. The van der Waals surface area contributed by atoms with E-state index in [9.17, 15) is 19.1 Å². The number of carboxylic acid groups (broad SMARTS) is 1. The van der Waals surface area contributed by atoms with Gasteiger partial charge in [-0.1, -0.05) is 5.92 Å². The zero-order chi connectivity index (χ0) is 23.8. The minimum atomic E-state index is -1.74. The van der Waals surface area contributed by atoms with Crippen molar-refractivity contribution in [3.8, 4) is 12.3 Å². The van der Waals surface area contributed by atoms with Crippen LogP contribution >= 0.6 is 0 Å². The maximum Gasteiger partial charge on any atom is 0.411 e. The van der Waals surface area contributed by atoms with Crippen LogP contribution in [0.15, 0.2) is 6.33 Å². The Hall–Kier alpha value is -3.50. The molecule has 0 aliphatic carbocycles. The number of rotatable bonds is 5. The predicted octanol–water partition coefficient (Wildman–Crippen LogP) is 0.521. The smallest absolute Gasteiger partial charge is 0.411 e. The Balaban J connectivity index is 1.93. The number of ether oxygens (including phenoxy) is 2. The molecular formula is C19H23FN6O6. The Kier molecular flexibility index (Phi) is 5.94. The average molecular weight is 450 g/mol. The zero-order valence-corrected chi connectivity index (χ0v) is 17.6. The maximum atomic E-state index is 13.7. The van der Waals surface area contributed by atoms with Crippen LogP contribution in [0.2, 0.25) is 0 Å². The molecule has 172 valence electrons. The summed E-state index contributed by atoms with van der Waals surface area (Å²) in [5, 5.41) is 19.1. The second-order valence-corrected chi connectivity index (χ2v) is 8.23. The number of aliphatic hydroxyl groups excluding tert-OH is 1. The molecule has 1 aliphatic rings. The Morgan fingerprint density at radius 2 is 2.19 bits per heavy atom. The molecule has 12 nitrogen and oxygen atoms in total. The van der Waals surface area contributed by atoms with Gasteiger partial charge in [0.15, 0.2) is 28.7 Å². The van der Waals surface area contributed by atoms with Gasteiger partial charge in [-0.3, -0.25) is 14.3 Å². The number of terminal acetylenes is 1. The van der Waals surface area contributed by atoms with Crippen molar-refractivity contribution in [3.05, 3.63) is 12.4 Å². The van der Waals surface area contributed by atoms with Crippen molar-refractivity contribution in [2.24, 2.45) is 0 Å². The highest BCUT2D eigenvalue weighted by atomic mass is 19.1. The van der Waals surface area contributed by atoms with Gasteiger partial charge in [0.1, 0.15) is 12.8 Å². The summed E-state index contributed by atoms with van der Waals surface area (Å²) in [6.07, 6.45) is 2.70. The van der Waals surface area contributed by atoms with Crippen LogP contribution in [0.4, 0.5) is 15.0 Å². The second kappa shape index (κ2) is 8.21. The number of anilines is 1. The Morgan fingerprint density at radius 1 is 1.50 bits per heavy atom. The lowest BCUT2D eigenvalue weighted by atomic mass is 9.98. The SMILES string of the molecule is C#C[C@]1(CO)O[C@@H](n2cnc3c(N)nc(F)nc32)C[C@@H]1OC(=O)N(CC(=O)O)C(C)(C)C. The third kappa shape index (κ3) is 4.14. The summed E-state index contributed by atoms with van der Waals surface area (Å²) in [4.78, 5) is 36.2. The van der Waals surface area contributed by atoms with E-state index in [1.54, 1.807) is 20.8 Å². The van der Waals surface area contributed by atoms with Gasteiger partial charge in [0.2, 0.25) is 0 Å². The lowest BCUT2D eigenvalue weighted by molar-refractivity contribution is -0.139. The number of amides is 1. The molecule has 3 atom stereocenters. The minimum Gasteiger partial charge on any atom is -0.480 e. The summed E-state index contributed by atoms with van der Waals surface area (Å²) in [5.74, 6) is 0.911. The number of nitrogens with two attached hydrogens (primary N) is 1. The molecule has 1 saturated heterocycles. The molecule has 1 aliphatic heterocycles. The topological polar surface area (TPSA) is 166 Å². The Morgan fingerprint density at radius 3 is 2.75 bits per heavy atom. The number of aliphatic carboxylic acids is 1. The van der Waals surface area contributed by atoms with Crippen molar-refractivity contribution < 1.29 is 33.7 Å². The number of carbonyl (C=O) groups excluding carboxylic acids is 1. The van der Waals surface area contributed by atoms with Crippen molar-refractivity contribution in [2.45, 2.75) is 50.7 Å². The van der Waals surface area contributed by atoms with Crippen LogP contribution in [0.3, 0.4) is 0 Å². The first-order chi connectivity index (χ1) is 14.9.